The van der Waals surface area contributed by atoms with Gasteiger partial charge in [0.05, 0.1) is 6.10 Å². The lowest BCUT2D eigenvalue weighted by Gasteiger charge is -2.39. The van der Waals surface area contributed by atoms with E-state index in [1.807, 2.05) is 0 Å². The van der Waals surface area contributed by atoms with Gasteiger partial charge in [-0.05, 0) is 26.2 Å². The highest BCUT2D eigenvalue weighted by Crippen LogP contribution is 2.35. The Labute approximate surface area is 94.5 Å². The molecule has 2 N–H and O–H groups in total. The monoisotopic (exact) mass is 213 g/mol. The Morgan fingerprint density at radius 2 is 2.20 bits per heavy atom. The summed E-state index contributed by atoms with van der Waals surface area (Å²) in [5.41, 5.74) is 0.111. The molecule has 2 nitrogen and oxygen atoms in total. The number of hydrogen-bond donors (Lipinski definition) is 2. The first-order valence-corrected chi connectivity index (χ1v) is 6.50. The molecule has 0 bridgehead atoms. The van der Waals surface area contributed by atoms with Crippen LogP contribution in [0.25, 0.3) is 0 Å². The van der Waals surface area contributed by atoms with Crippen molar-refractivity contribution in [3.63, 3.8) is 0 Å². The van der Waals surface area contributed by atoms with Gasteiger partial charge in [-0.25, -0.2) is 0 Å². The maximum Gasteiger partial charge on any atom is 0.0605 e. The van der Waals surface area contributed by atoms with Crippen molar-refractivity contribution >= 4 is 0 Å². The number of hydrogen-bond acceptors (Lipinski definition) is 2. The molecule has 0 aliphatic heterocycles. The van der Waals surface area contributed by atoms with Crippen LogP contribution in [-0.4, -0.2) is 23.8 Å². The highest BCUT2D eigenvalue weighted by atomic mass is 16.3. The lowest BCUT2D eigenvalue weighted by Crippen LogP contribution is -2.45. The van der Waals surface area contributed by atoms with Crippen LogP contribution in [0, 0.1) is 5.41 Å². The molecule has 1 rings (SSSR count). The summed E-state index contributed by atoms with van der Waals surface area (Å²) in [7, 11) is 0. The second-order valence-corrected chi connectivity index (χ2v) is 5.49. The SMILES string of the molecule is CCCC(C)NCC1(C)CCCCC1O. The predicted molar refractivity (Wildman–Crippen MR) is 65.0 cm³/mol. The second kappa shape index (κ2) is 5.86. The van der Waals surface area contributed by atoms with E-state index in [4.69, 9.17) is 0 Å². The molecule has 3 unspecified atom stereocenters. The van der Waals surface area contributed by atoms with Crippen molar-refractivity contribution in [2.24, 2.45) is 5.41 Å². The molecule has 0 aromatic heterocycles. The fraction of sp³-hybridized carbons (Fsp3) is 1.00. The number of rotatable bonds is 5. The molecule has 3 atom stereocenters. The lowest BCUT2D eigenvalue weighted by molar-refractivity contribution is -0.0000998. The summed E-state index contributed by atoms with van der Waals surface area (Å²) in [5.74, 6) is 0. The zero-order valence-corrected chi connectivity index (χ0v) is 10.6. The third kappa shape index (κ3) is 3.76. The fourth-order valence-electron chi connectivity index (χ4n) is 2.53. The maximum absolute atomic E-state index is 10.0. The van der Waals surface area contributed by atoms with E-state index in [9.17, 15) is 5.11 Å². The van der Waals surface area contributed by atoms with Crippen molar-refractivity contribution < 1.29 is 5.11 Å². The zero-order valence-electron chi connectivity index (χ0n) is 10.6. The first-order valence-electron chi connectivity index (χ1n) is 6.50. The Morgan fingerprint density at radius 1 is 1.47 bits per heavy atom. The highest BCUT2D eigenvalue weighted by molar-refractivity contribution is 4.88. The van der Waals surface area contributed by atoms with Crippen LogP contribution < -0.4 is 5.32 Å². The van der Waals surface area contributed by atoms with E-state index in [1.54, 1.807) is 0 Å². The minimum Gasteiger partial charge on any atom is -0.393 e. The lowest BCUT2D eigenvalue weighted by atomic mass is 9.73. The van der Waals surface area contributed by atoms with Crippen molar-refractivity contribution in [3.8, 4) is 0 Å². The standard InChI is InChI=1S/C13H27NO/c1-4-7-11(2)14-10-13(3)9-6-5-8-12(13)15/h11-12,14-15H,4-10H2,1-3H3. The molecular weight excluding hydrogens is 186 g/mol. The van der Waals surface area contributed by atoms with Crippen LogP contribution in [0.1, 0.15) is 59.3 Å². The first kappa shape index (κ1) is 13.0. The topological polar surface area (TPSA) is 32.3 Å². The van der Waals surface area contributed by atoms with Crippen LogP contribution in [0.5, 0.6) is 0 Å². The van der Waals surface area contributed by atoms with Gasteiger partial charge >= 0.3 is 0 Å². The van der Waals surface area contributed by atoms with E-state index >= 15 is 0 Å². The average molecular weight is 213 g/mol. The van der Waals surface area contributed by atoms with Crippen LogP contribution in [0.15, 0.2) is 0 Å². The third-order valence-corrected chi connectivity index (χ3v) is 3.86. The van der Waals surface area contributed by atoms with E-state index in [2.05, 4.69) is 26.1 Å². The second-order valence-electron chi connectivity index (χ2n) is 5.49. The molecule has 0 spiro atoms. The first-order chi connectivity index (χ1) is 7.08. The van der Waals surface area contributed by atoms with Gasteiger partial charge in [-0.1, -0.05) is 33.1 Å². The Balaban J connectivity index is 2.34. The van der Waals surface area contributed by atoms with E-state index in [-0.39, 0.29) is 11.5 Å². The molecule has 0 aromatic carbocycles. The Bertz CT molecular complexity index is 183. The third-order valence-electron chi connectivity index (χ3n) is 3.86. The quantitative estimate of drug-likeness (QED) is 0.736. The van der Waals surface area contributed by atoms with E-state index in [1.165, 1.54) is 32.1 Å². The van der Waals surface area contributed by atoms with Gasteiger partial charge in [0, 0.05) is 18.0 Å². The number of nitrogens with one attached hydrogen (secondary N) is 1. The molecule has 1 saturated carbocycles. The van der Waals surface area contributed by atoms with Gasteiger partial charge < -0.3 is 10.4 Å². The molecule has 0 heterocycles. The number of aliphatic hydroxyl groups is 1. The summed E-state index contributed by atoms with van der Waals surface area (Å²) in [6.07, 6.45) is 6.98. The smallest absolute Gasteiger partial charge is 0.0605 e. The van der Waals surface area contributed by atoms with Crippen LogP contribution in [0.4, 0.5) is 0 Å². The van der Waals surface area contributed by atoms with E-state index < -0.39 is 0 Å². The van der Waals surface area contributed by atoms with Crippen LogP contribution in [0.2, 0.25) is 0 Å². The molecule has 90 valence electrons. The van der Waals surface area contributed by atoms with Gasteiger partial charge in [-0.15, -0.1) is 0 Å². The molecule has 1 aliphatic rings. The summed E-state index contributed by atoms with van der Waals surface area (Å²) < 4.78 is 0. The molecule has 0 saturated heterocycles. The molecule has 2 heteroatoms. The van der Waals surface area contributed by atoms with Crippen molar-refractivity contribution in [1.82, 2.24) is 5.32 Å². The fourth-order valence-corrected chi connectivity index (χ4v) is 2.53. The molecule has 0 amide bonds. The normalized spacial score (nSPS) is 34.0. The van der Waals surface area contributed by atoms with Crippen LogP contribution >= 0.6 is 0 Å². The van der Waals surface area contributed by atoms with Gasteiger partial charge in [-0.2, -0.15) is 0 Å². The molecular formula is C13H27NO. The summed E-state index contributed by atoms with van der Waals surface area (Å²) in [5, 5.41) is 13.6. The van der Waals surface area contributed by atoms with Crippen molar-refractivity contribution in [2.75, 3.05) is 6.54 Å². The minimum absolute atomic E-state index is 0.104. The van der Waals surface area contributed by atoms with E-state index in [0.29, 0.717) is 6.04 Å². The summed E-state index contributed by atoms with van der Waals surface area (Å²) in [4.78, 5) is 0. The van der Waals surface area contributed by atoms with Crippen LogP contribution in [-0.2, 0) is 0 Å². The molecule has 1 aliphatic carbocycles. The summed E-state index contributed by atoms with van der Waals surface area (Å²) in [6.45, 7) is 7.65. The highest BCUT2D eigenvalue weighted by Gasteiger charge is 2.35. The van der Waals surface area contributed by atoms with Gasteiger partial charge in [0.2, 0.25) is 0 Å². The zero-order chi connectivity index (χ0) is 11.3. The van der Waals surface area contributed by atoms with Gasteiger partial charge in [0.25, 0.3) is 0 Å². The largest absolute Gasteiger partial charge is 0.393 e. The van der Waals surface area contributed by atoms with Crippen molar-refractivity contribution in [1.29, 1.82) is 0 Å². The summed E-state index contributed by atoms with van der Waals surface area (Å²) >= 11 is 0. The van der Waals surface area contributed by atoms with Gasteiger partial charge in [0.15, 0.2) is 0 Å². The number of aliphatic hydroxyl groups excluding tert-OH is 1. The molecule has 0 radical (unpaired) electrons. The Kier molecular flexibility index (Phi) is 5.07. The van der Waals surface area contributed by atoms with Crippen molar-refractivity contribution in [3.05, 3.63) is 0 Å². The van der Waals surface area contributed by atoms with E-state index in [0.717, 1.165) is 13.0 Å². The predicted octanol–water partition coefficient (Wildman–Crippen LogP) is 2.71. The van der Waals surface area contributed by atoms with Gasteiger partial charge in [-0.3, -0.25) is 0 Å². The van der Waals surface area contributed by atoms with Crippen LogP contribution in [0.3, 0.4) is 0 Å². The Morgan fingerprint density at radius 3 is 2.80 bits per heavy atom. The maximum atomic E-state index is 10.0. The molecule has 15 heavy (non-hydrogen) atoms. The minimum atomic E-state index is -0.104. The summed E-state index contributed by atoms with van der Waals surface area (Å²) in [6, 6.07) is 0.584. The Hall–Kier alpha value is -0.0800. The van der Waals surface area contributed by atoms with Gasteiger partial charge in [0.1, 0.15) is 0 Å². The average Bonchev–Trinajstić information content (AvgIpc) is 2.21. The van der Waals surface area contributed by atoms with Crippen molar-refractivity contribution in [2.45, 2.75) is 71.4 Å². The molecule has 0 aromatic rings. The molecule has 1 fully saturated rings.